The number of unbranched alkanes of at least 4 members (excludes halogenated alkanes) is 3. The SMILES string of the molecule is CCCCCCC1OCC(C)NC(=O)C(COC2CC(N)C2)NC(=O)C(CN)NC(=O)C(C2CCCCCC2)NC(=O)C(CCC)N(C)C(=O)C1C. The molecule has 2 aliphatic carbocycles. The van der Waals surface area contributed by atoms with Crippen LogP contribution in [0.15, 0.2) is 0 Å². The lowest BCUT2D eigenvalue weighted by atomic mass is 9.90. The molecule has 2 saturated carbocycles. The third-order valence-electron chi connectivity index (χ3n) is 11.0. The van der Waals surface area contributed by atoms with Crippen LogP contribution in [0.25, 0.3) is 0 Å². The van der Waals surface area contributed by atoms with Crippen LogP contribution < -0.4 is 32.7 Å². The van der Waals surface area contributed by atoms with Crippen molar-refractivity contribution in [2.75, 3.05) is 26.8 Å². The maximum absolute atomic E-state index is 14.1. The Balaban J connectivity index is 1.97. The van der Waals surface area contributed by atoms with Crippen LogP contribution in [0.4, 0.5) is 0 Å². The number of rotatable bonds is 12. The molecule has 0 spiro atoms. The van der Waals surface area contributed by atoms with Crippen LogP contribution in [-0.4, -0.2) is 110 Å². The van der Waals surface area contributed by atoms with Crippen molar-refractivity contribution in [3.63, 3.8) is 0 Å². The van der Waals surface area contributed by atoms with Gasteiger partial charge in [0.1, 0.15) is 24.2 Å². The zero-order valence-corrected chi connectivity index (χ0v) is 32.5. The summed E-state index contributed by atoms with van der Waals surface area (Å²) in [4.78, 5) is 71.2. The molecule has 1 aliphatic heterocycles. The van der Waals surface area contributed by atoms with Crippen molar-refractivity contribution in [1.82, 2.24) is 26.2 Å². The Morgan fingerprint density at radius 3 is 2.06 bits per heavy atom. The first kappa shape index (κ1) is 43.6. The van der Waals surface area contributed by atoms with Crippen LogP contribution in [0, 0.1) is 11.8 Å². The van der Waals surface area contributed by atoms with E-state index in [1.165, 1.54) is 4.90 Å². The summed E-state index contributed by atoms with van der Waals surface area (Å²) < 4.78 is 12.3. The van der Waals surface area contributed by atoms with Gasteiger partial charge in [-0.25, -0.2) is 0 Å². The summed E-state index contributed by atoms with van der Waals surface area (Å²) in [5.41, 5.74) is 12.0. The molecule has 1 saturated heterocycles. The van der Waals surface area contributed by atoms with E-state index in [2.05, 4.69) is 28.2 Å². The fourth-order valence-electron chi connectivity index (χ4n) is 7.53. The van der Waals surface area contributed by atoms with Gasteiger partial charge in [-0.15, -0.1) is 0 Å². The summed E-state index contributed by atoms with van der Waals surface area (Å²) in [6, 6.07) is -4.41. The van der Waals surface area contributed by atoms with Gasteiger partial charge in [0.05, 0.1) is 31.3 Å². The second-order valence-electron chi connectivity index (χ2n) is 15.5. The number of ether oxygens (including phenoxy) is 2. The zero-order chi connectivity index (χ0) is 38.2. The number of hydrogen-bond donors (Lipinski definition) is 6. The van der Waals surface area contributed by atoms with Gasteiger partial charge in [0.2, 0.25) is 29.5 Å². The highest BCUT2D eigenvalue weighted by molar-refractivity contribution is 5.96. The second-order valence-corrected chi connectivity index (χ2v) is 15.5. The molecule has 3 rings (SSSR count). The number of amides is 5. The fourth-order valence-corrected chi connectivity index (χ4v) is 7.53. The molecule has 14 nitrogen and oxygen atoms in total. The summed E-state index contributed by atoms with van der Waals surface area (Å²) in [6.45, 7) is 7.54. The van der Waals surface area contributed by atoms with Gasteiger partial charge in [-0.3, -0.25) is 24.0 Å². The van der Waals surface area contributed by atoms with Gasteiger partial charge in [0.15, 0.2) is 0 Å². The molecule has 3 fully saturated rings. The highest BCUT2D eigenvalue weighted by Gasteiger charge is 2.38. The highest BCUT2D eigenvalue weighted by Crippen LogP contribution is 2.27. The number of hydrogen-bond acceptors (Lipinski definition) is 9. The van der Waals surface area contributed by atoms with E-state index < -0.39 is 65.9 Å². The summed E-state index contributed by atoms with van der Waals surface area (Å²) in [6.07, 6.45) is 11.9. The van der Waals surface area contributed by atoms with Gasteiger partial charge < -0.3 is 47.1 Å². The van der Waals surface area contributed by atoms with Crippen LogP contribution >= 0.6 is 0 Å². The molecule has 8 N–H and O–H groups in total. The van der Waals surface area contributed by atoms with Gasteiger partial charge in [0, 0.05) is 25.7 Å². The molecule has 0 bridgehead atoms. The fraction of sp³-hybridized carbons (Fsp3) is 0.868. The normalized spacial score (nSPS) is 32.6. The topological polar surface area (TPSA) is 207 Å². The zero-order valence-electron chi connectivity index (χ0n) is 32.5. The Morgan fingerprint density at radius 1 is 0.788 bits per heavy atom. The van der Waals surface area contributed by atoms with E-state index in [1.807, 2.05) is 13.8 Å². The number of carbonyl (C=O) groups excluding carboxylic acids is 5. The van der Waals surface area contributed by atoms with Gasteiger partial charge in [-0.1, -0.05) is 78.6 Å². The van der Waals surface area contributed by atoms with Crippen LogP contribution in [0.3, 0.4) is 0 Å². The summed E-state index contributed by atoms with van der Waals surface area (Å²) in [7, 11) is 1.65. The average molecular weight is 736 g/mol. The minimum atomic E-state index is -1.17. The number of likely N-dealkylation sites (N-methyl/N-ethyl adjacent to an activating group) is 1. The quantitative estimate of drug-likeness (QED) is 0.128. The molecule has 7 atom stereocenters. The Kier molecular flexibility index (Phi) is 18.8. The third kappa shape index (κ3) is 13.2. The standard InChI is InChI=1S/C38H69N7O7/c1-6-8-9-14-18-32-25(4)38(50)45(5)31(15-7-2)36(48)44-33(26-16-12-10-11-13-17-26)37(49)42-29(21-39)34(46)43-30(23-51-28-19-27(40)20-28)35(47)41-24(3)22-52-32/h24-33H,6-23,39-40H2,1-5H3,(H,41,47)(H,42,49)(H,43,46)(H,44,48). The number of carbonyl (C=O) groups is 5. The van der Waals surface area contributed by atoms with E-state index in [9.17, 15) is 24.0 Å². The molecule has 3 aliphatic rings. The van der Waals surface area contributed by atoms with Gasteiger partial charge in [-0.05, 0) is 51.4 Å². The smallest absolute Gasteiger partial charge is 0.245 e. The van der Waals surface area contributed by atoms with Crippen molar-refractivity contribution in [1.29, 1.82) is 0 Å². The molecule has 1 heterocycles. The molecule has 0 aromatic carbocycles. The van der Waals surface area contributed by atoms with Gasteiger partial charge >= 0.3 is 0 Å². The van der Waals surface area contributed by atoms with Crippen LogP contribution in [0.1, 0.15) is 124 Å². The Morgan fingerprint density at radius 2 is 1.44 bits per heavy atom. The maximum atomic E-state index is 14.1. The Labute approximate surface area is 311 Å². The van der Waals surface area contributed by atoms with Crippen LogP contribution in [0.5, 0.6) is 0 Å². The minimum absolute atomic E-state index is 0.0417. The highest BCUT2D eigenvalue weighted by atomic mass is 16.5. The first-order valence-electron chi connectivity index (χ1n) is 20.1. The Hall–Kier alpha value is -2.81. The number of nitrogens with one attached hydrogen (secondary N) is 4. The number of nitrogens with zero attached hydrogens (tertiary/aromatic N) is 1. The van der Waals surface area contributed by atoms with Crippen LogP contribution in [-0.2, 0) is 33.4 Å². The molecular weight excluding hydrogens is 666 g/mol. The van der Waals surface area contributed by atoms with Crippen molar-refractivity contribution >= 4 is 29.5 Å². The molecular formula is C38H69N7O7. The predicted molar refractivity (Wildman–Crippen MR) is 200 cm³/mol. The summed E-state index contributed by atoms with van der Waals surface area (Å²) in [5.74, 6) is -2.97. The summed E-state index contributed by atoms with van der Waals surface area (Å²) >= 11 is 0. The van der Waals surface area contributed by atoms with Gasteiger partial charge in [-0.2, -0.15) is 0 Å². The van der Waals surface area contributed by atoms with Gasteiger partial charge in [0.25, 0.3) is 0 Å². The number of nitrogens with two attached hydrogens (primary N) is 2. The van der Waals surface area contributed by atoms with E-state index in [1.54, 1.807) is 14.0 Å². The lowest BCUT2D eigenvalue weighted by Crippen LogP contribution is -2.62. The maximum Gasteiger partial charge on any atom is 0.245 e. The predicted octanol–water partition coefficient (Wildman–Crippen LogP) is 2.01. The third-order valence-corrected chi connectivity index (χ3v) is 11.0. The molecule has 5 amide bonds. The van der Waals surface area contributed by atoms with Crippen LogP contribution in [0.2, 0.25) is 0 Å². The first-order chi connectivity index (χ1) is 24.9. The molecule has 0 aromatic rings. The molecule has 298 valence electrons. The van der Waals surface area contributed by atoms with E-state index >= 15 is 0 Å². The van der Waals surface area contributed by atoms with E-state index in [-0.39, 0.29) is 43.7 Å². The second kappa shape index (κ2) is 22.4. The van der Waals surface area contributed by atoms with E-state index in [0.717, 1.165) is 64.2 Å². The van der Waals surface area contributed by atoms with Crippen molar-refractivity contribution in [3.8, 4) is 0 Å². The molecule has 0 radical (unpaired) electrons. The molecule has 14 heteroatoms. The molecule has 7 unspecified atom stereocenters. The van der Waals surface area contributed by atoms with E-state index in [0.29, 0.717) is 32.1 Å². The minimum Gasteiger partial charge on any atom is -0.375 e. The van der Waals surface area contributed by atoms with Crippen molar-refractivity contribution in [2.24, 2.45) is 23.3 Å². The Bertz CT molecular complexity index is 1140. The van der Waals surface area contributed by atoms with Crippen molar-refractivity contribution in [3.05, 3.63) is 0 Å². The van der Waals surface area contributed by atoms with Crippen molar-refractivity contribution < 1.29 is 33.4 Å². The van der Waals surface area contributed by atoms with Crippen molar-refractivity contribution in [2.45, 2.75) is 172 Å². The lowest BCUT2D eigenvalue weighted by molar-refractivity contribution is -0.147. The lowest BCUT2D eigenvalue weighted by Gasteiger charge is -2.34. The summed E-state index contributed by atoms with van der Waals surface area (Å²) in [5, 5.41) is 11.5. The average Bonchev–Trinajstić information content (AvgIpc) is 3.40. The molecule has 52 heavy (non-hydrogen) atoms. The molecule has 0 aromatic heterocycles. The largest absolute Gasteiger partial charge is 0.375 e. The monoisotopic (exact) mass is 736 g/mol. The first-order valence-corrected chi connectivity index (χ1v) is 20.1. The van der Waals surface area contributed by atoms with E-state index in [4.69, 9.17) is 20.9 Å².